The van der Waals surface area contributed by atoms with E-state index in [0.29, 0.717) is 24.0 Å². The summed E-state index contributed by atoms with van der Waals surface area (Å²) >= 11 is 6.08. The zero-order valence-electron chi connectivity index (χ0n) is 21.4. The second kappa shape index (κ2) is 14.3. The Labute approximate surface area is 218 Å². The number of carbonyl (C=O) groups excluding carboxylic acids is 2. The normalized spacial score (nSPS) is 14.8. The minimum atomic E-state index is -0.667. The van der Waals surface area contributed by atoms with Crippen LogP contribution in [0.5, 0.6) is 0 Å². The zero-order valence-corrected chi connectivity index (χ0v) is 22.1. The van der Waals surface area contributed by atoms with E-state index in [0.717, 1.165) is 75.2 Å². The Morgan fingerprint density at radius 1 is 1.11 bits per heavy atom. The number of piperazine rings is 1. The van der Waals surface area contributed by atoms with Crippen LogP contribution in [0.1, 0.15) is 33.1 Å². The van der Waals surface area contributed by atoms with Crippen LogP contribution in [0.15, 0.2) is 30.5 Å². The van der Waals surface area contributed by atoms with E-state index in [-0.39, 0.29) is 12.3 Å². The Morgan fingerprint density at radius 3 is 2.47 bits per heavy atom. The van der Waals surface area contributed by atoms with Crippen molar-refractivity contribution in [2.24, 2.45) is 5.92 Å². The molecule has 1 aliphatic rings. The van der Waals surface area contributed by atoms with Gasteiger partial charge in [0.15, 0.2) is 0 Å². The Hall–Kier alpha value is -2.46. The number of anilines is 1. The molecule has 0 aliphatic carbocycles. The van der Waals surface area contributed by atoms with Gasteiger partial charge in [0, 0.05) is 68.1 Å². The summed E-state index contributed by atoms with van der Waals surface area (Å²) < 4.78 is 0. The van der Waals surface area contributed by atoms with Crippen molar-refractivity contribution < 1.29 is 14.8 Å². The third-order valence-electron chi connectivity index (χ3n) is 6.41. The maximum atomic E-state index is 12.4. The molecular formula is C26H39ClN6O3. The number of pyridine rings is 1. The van der Waals surface area contributed by atoms with E-state index in [1.165, 1.54) is 0 Å². The van der Waals surface area contributed by atoms with Gasteiger partial charge in [0.2, 0.25) is 5.91 Å². The Balaban J connectivity index is 1.33. The minimum absolute atomic E-state index is 0.239. The van der Waals surface area contributed by atoms with Crippen molar-refractivity contribution in [2.75, 3.05) is 64.2 Å². The summed E-state index contributed by atoms with van der Waals surface area (Å²) in [7, 11) is 0. The average Bonchev–Trinajstić information content (AvgIpc) is 2.86. The number of benzene rings is 1. The van der Waals surface area contributed by atoms with Crippen LogP contribution >= 0.6 is 11.6 Å². The minimum Gasteiger partial charge on any atom is -0.384 e. The molecule has 0 unspecified atom stereocenters. The van der Waals surface area contributed by atoms with E-state index in [9.17, 15) is 9.59 Å². The van der Waals surface area contributed by atoms with Crippen molar-refractivity contribution in [3.63, 3.8) is 0 Å². The topological polar surface area (TPSA) is 101 Å². The van der Waals surface area contributed by atoms with E-state index in [2.05, 4.69) is 33.9 Å². The number of carbonyl (C=O) groups is 2. The molecule has 1 fully saturated rings. The van der Waals surface area contributed by atoms with Gasteiger partial charge >= 0.3 is 0 Å². The molecule has 10 heteroatoms. The van der Waals surface area contributed by atoms with Crippen LogP contribution < -0.4 is 10.8 Å². The molecular weight excluding hydrogens is 480 g/mol. The van der Waals surface area contributed by atoms with Crippen molar-refractivity contribution in [1.82, 2.24) is 25.2 Å². The number of aromatic nitrogens is 1. The molecule has 0 spiro atoms. The molecule has 3 rings (SSSR count). The first-order valence-electron chi connectivity index (χ1n) is 12.8. The Kier molecular flexibility index (Phi) is 11.2. The van der Waals surface area contributed by atoms with E-state index >= 15 is 0 Å². The summed E-state index contributed by atoms with van der Waals surface area (Å²) in [5.41, 5.74) is 3.53. The van der Waals surface area contributed by atoms with Gasteiger partial charge in [0.25, 0.3) is 5.91 Å². The maximum absolute atomic E-state index is 12.4. The molecule has 0 saturated carbocycles. The van der Waals surface area contributed by atoms with Crippen LogP contribution in [0.4, 0.5) is 5.69 Å². The van der Waals surface area contributed by atoms with Crippen molar-refractivity contribution in [1.29, 1.82) is 0 Å². The van der Waals surface area contributed by atoms with Crippen molar-refractivity contribution in [2.45, 2.75) is 33.1 Å². The van der Waals surface area contributed by atoms with Crippen molar-refractivity contribution in [3.8, 4) is 0 Å². The highest BCUT2D eigenvalue weighted by atomic mass is 35.5. The lowest BCUT2D eigenvalue weighted by atomic mass is 10.2. The van der Waals surface area contributed by atoms with Gasteiger partial charge in [0.1, 0.15) is 6.42 Å². The molecule has 1 aliphatic heterocycles. The summed E-state index contributed by atoms with van der Waals surface area (Å²) in [6, 6.07) is 7.80. The number of nitrogens with one attached hydrogen (secondary N) is 2. The molecule has 2 amide bonds. The summed E-state index contributed by atoms with van der Waals surface area (Å²) in [5.74, 6) is -0.587. The number of rotatable bonds is 13. The SMILES string of the molecule is CC(C)CN(CCCN1CCN(CCCNc2ccnc3cc(Cl)ccc23)CC1)C(=O)CC(=O)NO. The summed E-state index contributed by atoms with van der Waals surface area (Å²) in [4.78, 5) is 34.8. The summed E-state index contributed by atoms with van der Waals surface area (Å²) in [5, 5.41) is 14.0. The first-order valence-corrected chi connectivity index (χ1v) is 13.2. The van der Waals surface area contributed by atoms with Crippen molar-refractivity contribution in [3.05, 3.63) is 35.5 Å². The quantitative estimate of drug-likeness (QED) is 0.162. The number of hydrogen-bond donors (Lipinski definition) is 3. The number of hydrogen-bond acceptors (Lipinski definition) is 7. The fourth-order valence-corrected chi connectivity index (χ4v) is 4.74. The molecule has 0 atom stereocenters. The van der Waals surface area contributed by atoms with E-state index in [1.807, 2.05) is 30.5 Å². The lowest BCUT2D eigenvalue weighted by molar-refractivity contribution is -0.140. The van der Waals surface area contributed by atoms with Crippen molar-refractivity contribution >= 4 is 40.0 Å². The molecule has 3 N–H and O–H groups in total. The van der Waals surface area contributed by atoms with Gasteiger partial charge in [-0.15, -0.1) is 0 Å². The first kappa shape index (κ1) is 28.1. The lowest BCUT2D eigenvalue weighted by Crippen LogP contribution is -2.47. The fourth-order valence-electron chi connectivity index (χ4n) is 4.57. The number of hydroxylamine groups is 1. The van der Waals surface area contributed by atoms with Gasteiger partial charge in [-0.1, -0.05) is 25.4 Å². The van der Waals surface area contributed by atoms with Gasteiger partial charge in [0.05, 0.1) is 5.52 Å². The average molecular weight is 519 g/mol. The Morgan fingerprint density at radius 2 is 1.81 bits per heavy atom. The number of fused-ring (bicyclic) bond motifs is 1. The van der Waals surface area contributed by atoms with Crippen LogP contribution in [0.25, 0.3) is 10.9 Å². The summed E-state index contributed by atoms with van der Waals surface area (Å²) in [6.45, 7) is 12.4. The van der Waals surface area contributed by atoms with Crippen LogP contribution in [-0.2, 0) is 9.59 Å². The molecule has 1 saturated heterocycles. The monoisotopic (exact) mass is 518 g/mol. The molecule has 2 aromatic rings. The number of halogens is 1. The third-order valence-corrected chi connectivity index (χ3v) is 6.65. The molecule has 0 radical (unpaired) electrons. The van der Waals surface area contributed by atoms with Gasteiger partial charge in [-0.25, -0.2) is 5.48 Å². The highest BCUT2D eigenvalue weighted by Gasteiger charge is 2.20. The second-order valence-electron chi connectivity index (χ2n) is 9.78. The van der Waals surface area contributed by atoms with Crippen LogP contribution in [0.2, 0.25) is 5.02 Å². The maximum Gasteiger partial charge on any atom is 0.252 e. The predicted molar refractivity (Wildman–Crippen MR) is 143 cm³/mol. The smallest absolute Gasteiger partial charge is 0.252 e. The highest BCUT2D eigenvalue weighted by molar-refractivity contribution is 6.31. The largest absolute Gasteiger partial charge is 0.384 e. The number of nitrogens with zero attached hydrogens (tertiary/aromatic N) is 4. The van der Waals surface area contributed by atoms with E-state index in [4.69, 9.17) is 16.8 Å². The fraction of sp³-hybridized carbons (Fsp3) is 0.577. The molecule has 1 aromatic carbocycles. The summed E-state index contributed by atoms with van der Waals surface area (Å²) in [6.07, 6.45) is 3.42. The molecule has 2 heterocycles. The van der Waals surface area contributed by atoms with Crippen LogP contribution in [0, 0.1) is 5.92 Å². The van der Waals surface area contributed by atoms with Crippen LogP contribution in [0.3, 0.4) is 0 Å². The molecule has 36 heavy (non-hydrogen) atoms. The predicted octanol–water partition coefficient (Wildman–Crippen LogP) is 3.08. The molecule has 0 bridgehead atoms. The molecule has 9 nitrogen and oxygen atoms in total. The van der Waals surface area contributed by atoms with Gasteiger partial charge in [-0.05, 0) is 56.1 Å². The standard InChI is InChI=1S/C26H39ClN6O3/c1-20(2)19-33(26(35)18-25(34)30-36)12-4-11-32-15-13-31(14-16-32)10-3-8-28-23-7-9-29-24-17-21(27)5-6-22(23)24/h5-7,9,17,20,36H,3-4,8,10-16,18-19H2,1-2H3,(H,28,29)(H,30,34). The van der Waals surface area contributed by atoms with Gasteiger partial charge in [-0.2, -0.15) is 0 Å². The van der Waals surface area contributed by atoms with Crippen LogP contribution in [-0.4, -0.2) is 95.6 Å². The first-order chi connectivity index (χ1) is 17.4. The zero-order chi connectivity index (χ0) is 25.9. The van der Waals surface area contributed by atoms with Gasteiger partial charge < -0.3 is 20.0 Å². The van der Waals surface area contributed by atoms with Gasteiger partial charge in [-0.3, -0.25) is 19.8 Å². The Bertz CT molecular complexity index is 997. The highest BCUT2D eigenvalue weighted by Crippen LogP contribution is 2.24. The third kappa shape index (κ3) is 8.89. The molecule has 198 valence electrons. The molecule has 1 aromatic heterocycles. The second-order valence-corrected chi connectivity index (χ2v) is 10.2. The van der Waals surface area contributed by atoms with E-state index < -0.39 is 5.91 Å². The lowest BCUT2D eigenvalue weighted by Gasteiger charge is -2.35. The number of amides is 2. The van der Waals surface area contributed by atoms with E-state index in [1.54, 1.807) is 10.4 Å².